The monoisotopic (exact) mass is 510 g/mol. The molecule has 2 aromatic carbocycles. The van der Waals surface area contributed by atoms with E-state index in [0.29, 0.717) is 58.8 Å². The number of aromatic nitrogens is 2. The van der Waals surface area contributed by atoms with Crippen LogP contribution in [0.25, 0.3) is 11.0 Å². The Morgan fingerprint density at radius 2 is 1.71 bits per heavy atom. The lowest BCUT2D eigenvalue weighted by molar-refractivity contribution is -0.0210. The molecule has 2 aromatic heterocycles. The summed E-state index contributed by atoms with van der Waals surface area (Å²) in [6.45, 7) is 0.755. The SMILES string of the molecule is O=C(c1ccc(NS(=O)(=O)n2ccc3cccnc32)cc1)N1CCC(O)(c2ccccc2Cl)CC1. The number of fused-ring (bicyclic) bond motifs is 1. The van der Waals surface area contributed by atoms with Crippen LogP contribution in [-0.4, -0.2) is 46.4 Å². The Morgan fingerprint density at radius 3 is 2.43 bits per heavy atom. The number of likely N-dealkylation sites (tertiary alicyclic amines) is 1. The second kappa shape index (κ2) is 8.99. The van der Waals surface area contributed by atoms with Crippen LogP contribution in [0.2, 0.25) is 5.02 Å². The maximum Gasteiger partial charge on any atom is 0.329 e. The predicted molar refractivity (Wildman–Crippen MR) is 135 cm³/mol. The number of rotatable bonds is 5. The van der Waals surface area contributed by atoms with Gasteiger partial charge in [-0.1, -0.05) is 29.8 Å². The summed E-state index contributed by atoms with van der Waals surface area (Å²) in [6.07, 6.45) is 3.72. The van der Waals surface area contributed by atoms with Crippen molar-refractivity contribution in [3.05, 3.63) is 95.3 Å². The highest BCUT2D eigenvalue weighted by Crippen LogP contribution is 2.37. The van der Waals surface area contributed by atoms with Crippen molar-refractivity contribution in [1.82, 2.24) is 13.9 Å². The minimum absolute atomic E-state index is 0.179. The van der Waals surface area contributed by atoms with Crippen molar-refractivity contribution in [2.45, 2.75) is 18.4 Å². The van der Waals surface area contributed by atoms with Crippen LogP contribution >= 0.6 is 11.6 Å². The Kier molecular flexibility index (Phi) is 6.00. The van der Waals surface area contributed by atoms with E-state index in [2.05, 4.69) is 9.71 Å². The number of nitrogens with one attached hydrogen (secondary N) is 1. The minimum Gasteiger partial charge on any atom is -0.385 e. The largest absolute Gasteiger partial charge is 0.385 e. The number of aliphatic hydroxyl groups is 1. The molecule has 180 valence electrons. The number of piperidine rings is 1. The van der Waals surface area contributed by atoms with Crippen molar-refractivity contribution < 1.29 is 18.3 Å². The predicted octanol–water partition coefficient (Wildman–Crippen LogP) is 4.02. The van der Waals surface area contributed by atoms with Gasteiger partial charge in [-0.2, -0.15) is 8.42 Å². The number of hydrogen-bond acceptors (Lipinski definition) is 5. The summed E-state index contributed by atoms with van der Waals surface area (Å²) >= 11 is 6.27. The van der Waals surface area contributed by atoms with Crippen LogP contribution in [0.1, 0.15) is 28.8 Å². The quantitative estimate of drug-likeness (QED) is 0.422. The van der Waals surface area contributed by atoms with E-state index in [1.54, 1.807) is 53.4 Å². The highest BCUT2D eigenvalue weighted by molar-refractivity contribution is 7.91. The normalized spacial score (nSPS) is 15.8. The van der Waals surface area contributed by atoms with E-state index in [1.807, 2.05) is 18.2 Å². The van der Waals surface area contributed by atoms with Crippen LogP contribution in [0, 0.1) is 0 Å². The number of nitrogens with zero attached hydrogens (tertiary/aromatic N) is 3. The van der Waals surface area contributed by atoms with Gasteiger partial charge in [0.1, 0.15) is 0 Å². The van der Waals surface area contributed by atoms with Gasteiger partial charge < -0.3 is 10.0 Å². The third-order valence-corrected chi connectivity index (χ3v) is 7.94. The molecule has 4 aromatic rings. The van der Waals surface area contributed by atoms with E-state index in [-0.39, 0.29) is 5.91 Å². The summed E-state index contributed by atoms with van der Waals surface area (Å²) in [7, 11) is -3.92. The Balaban J connectivity index is 1.26. The zero-order chi connectivity index (χ0) is 24.6. The molecule has 35 heavy (non-hydrogen) atoms. The molecule has 0 radical (unpaired) electrons. The summed E-state index contributed by atoms with van der Waals surface area (Å²) in [5.74, 6) is -0.179. The van der Waals surface area contributed by atoms with E-state index in [4.69, 9.17) is 11.6 Å². The molecule has 1 aliphatic rings. The van der Waals surface area contributed by atoms with Gasteiger partial charge in [-0.15, -0.1) is 0 Å². The van der Waals surface area contributed by atoms with Gasteiger partial charge in [0.15, 0.2) is 5.65 Å². The fraction of sp³-hybridized carbons (Fsp3) is 0.200. The second-order valence-electron chi connectivity index (χ2n) is 8.52. The first-order valence-corrected chi connectivity index (χ1v) is 12.9. The van der Waals surface area contributed by atoms with E-state index >= 15 is 0 Å². The highest BCUT2D eigenvalue weighted by atomic mass is 35.5. The average Bonchev–Trinajstić information content (AvgIpc) is 3.30. The van der Waals surface area contributed by atoms with E-state index in [1.165, 1.54) is 12.4 Å². The molecule has 2 N–H and O–H groups in total. The third kappa shape index (κ3) is 4.50. The number of pyridine rings is 1. The van der Waals surface area contributed by atoms with Gasteiger partial charge in [0.2, 0.25) is 0 Å². The number of halogens is 1. The minimum atomic E-state index is -3.92. The van der Waals surface area contributed by atoms with Crippen LogP contribution in [0.5, 0.6) is 0 Å². The summed E-state index contributed by atoms with van der Waals surface area (Å²) < 4.78 is 29.3. The molecule has 0 aliphatic carbocycles. The van der Waals surface area contributed by atoms with Crippen molar-refractivity contribution >= 4 is 44.4 Å². The molecule has 1 fully saturated rings. The summed E-state index contributed by atoms with van der Waals surface area (Å²) in [5.41, 5.74) is 0.689. The standard InChI is InChI=1S/C25H23ClN4O4S/c26-22-6-2-1-5-21(22)25(32)12-16-29(17-13-25)24(31)19-7-9-20(10-8-19)28-35(33,34)30-15-11-18-4-3-14-27-23(18)30/h1-11,14-15,28,32H,12-13,16-17H2. The lowest BCUT2D eigenvalue weighted by Crippen LogP contribution is -2.45. The van der Waals surface area contributed by atoms with Crippen molar-refractivity contribution in [2.24, 2.45) is 0 Å². The van der Waals surface area contributed by atoms with Crippen molar-refractivity contribution in [1.29, 1.82) is 0 Å². The zero-order valence-corrected chi connectivity index (χ0v) is 20.2. The van der Waals surface area contributed by atoms with Gasteiger partial charge in [0.05, 0.1) is 11.3 Å². The Hall–Kier alpha value is -3.40. The maximum atomic E-state index is 13.0. The Labute approximate surface area is 208 Å². The zero-order valence-electron chi connectivity index (χ0n) is 18.6. The molecule has 1 amide bonds. The van der Waals surface area contributed by atoms with E-state index < -0.39 is 15.8 Å². The average molecular weight is 511 g/mol. The van der Waals surface area contributed by atoms with Crippen LogP contribution < -0.4 is 4.72 Å². The molecule has 0 bridgehead atoms. The molecule has 1 aliphatic heterocycles. The van der Waals surface area contributed by atoms with Gasteiger partial charge in [-0.05, 0) is 61.4 Å². The van der Waals surface area contributed by atoms with E-state index in [9.17, 15) is 18.3 Å². The van der Waals surface area contributed by atoms with Gasteiger partial charge in [-0.3, -0.25) is 9.52 Å². The molecule has 1 saturated heterocycles. The fourth-order valence-electron chi connectivity index (χ4n) is 4.39. The van der Waals surface area contributed by atoms with Crippen molar-refractivity contribution in [3.63, 3.8) is 0 Å². The summed E-state index contributed by atoms with van der Waals surface area (Å²) in [4.78, 5) is 18.8. The molecule has 0 atom stereocenters. The first-order chi connectivity index (χ1) is 16.8. The summed E-state index contributed by atoms with van der Waals surface area (Å²) in [5, 5.41) is 12.3. The van der Waals surface area contributed by atoms with Gasteiger partial charge >= 0.3 is 10.2 Å². The number of hydrogen-bond donors (Lipinski definition) is 2. The van der Waals surface area contributed by atoms with Crippen LogP contribution in [0.4, 0.5) is 5.69 Å². The first kappa shape index (κ1) is 23.3. The molecule has 8 nitrogen and oxygen atoms in total. The molecule has 0 spiro atoms. The van der Waals surface area contributed by atoms with Crippen LogP contribution in [0.15, 0.2) is 79.1 Å². The van der Waals surface area contributed by atoms with Gasteiger partial charge in [0, 0.05) is 47.0 Å². The second-order valence-corrected chi connectivity index (χ2v) is 10.5. The molecular formula is C25H23ClN4O4S. The highest BCUT2D eigenvalue weighted by Gasteiger charge is 2.36. The fourth-order valence-corrected chi connectivity index (χ4v) is 5.83. The number of amides is 1. The van der Waals surface area contributed by atoms with E-state index in [0.717, 1.165) is 3.97 Å². The maximum absolute atomic E-state index is 13.0. The number of carbonyl (C=O) groups is 1. The third-order valence-electron chi connectivity index (χ3n) is 6.31. The first-order valence-electron chi connectivity index (χ1n) is 11.1. The molecular weight excluding hydrogens is 488 g/mol. The van der Waals surface area contributed by atoms with Crippen molar-refractivity contribution in [2.75, 3.05) is 17.8 Å². The lowest BCUT2D eigenvalue weighted by Gasteiger charge is -2.39. The molecule has 5 rings (SSSR count). The Morgan fingerprint density at radius 1 is 1.00 bits per heavy atom. The molecule has 10 heteroatoms. The number of anilines is 1. The molecule has 3 heterocycles. The van der Waals surface area contributed by atoms with Gasteiger partial charge in [0.25, 0.3) is 5.91 Å². The topological polar surface area (TPSA) is 105 Å². The van der Waals surface area contributed by atoms with Crippen LogP contribution in [0.3, 0.4) is 0 Å². The van der Waals surface area contributed by atoms with Crippen molar-refractivity contribution in [3.8, 4) is 0 Å². The smallest absolute Gasteiger partial charge is 0.329 e. The summed E-state index contributed by atoms with van der Waals surface area (Å²) in [6, 6.07) is 18.7. The van der Waals surface area contributed by atoms with Crippen LogP contribution in [-0.2, 0) is 15.8 Å². The Bertz CT molecular complexity index is 1490. The van der Waals surface area contributed by atoms with Gasteiger partial charge in [-0.25, -0.2) is 8.96 Å². The lowest BCUT2D eigenvalue weighted by atomic mass is 9.84. The molecule has 0 unspecified atom stereocenters. The number of benzene rings is 2. The molecule has 0 saturated carbocycles. The number of carbonyl (C=O) groups excluding carboxylic acids is 1.